The highest BCUT2D eigenvalue weighted by Crippen LogP contribution is 2.34. The van der Waals surface area contributed by atoms with Gasteiger partial charge in [0.1, 0.15) is 11.2 Å². The van der Waals surface area contributed by atoms with Crippen LogP contribution in [0.3, 0.4) is 0 Å². The van der Waals surface area contributed by atoms with Crippen LogP contribution in [0.15, 0.2) is 24.5 Å². The van der Waals surface area contributed by atoms with Gasteiger partial charge in [0, 0.05) is 19.4 Å². The second-order valence-electron chi connectivity index (χ2n) is 4.90. The van der Waals surface area contributed by atoms with Gasteiger partial charge >= 0.3 is 6.18 Å². The molecule has 3 rings (SSSR count). The Morgan fingerprint density at radius 2 is 1.86 bits per heavy atom. The standard InChI is InChI=1S/C14H10ClF3N4/c1-7-3-10-12(20-5-7)22(2)13(21-10)11-9(15)4-8(6-19-11)14(16,17)18/h3-6H,1-2H3. The van der Waals surface area contributed by atoms with Crippen molar-refractivity contribution < 1.29 is 13.2 Å². The molecule has 0 aliphatic heterocycles. The normalized spacial score (nSPS) is 12.1. The van der Waals surface area contributed by atoms with E-state index in [1.807, 2.05) is 13.0 Å². The Balaban J connectivity index is 2.17. The third kappa shape index (κ3) is 2.41. The van der Waals surface area contributed by atoms with Crippen molar-refractivity contribution in [2.24, 2.45) is 7.05 Å². The summed E-state index contributed by atoms with van der Waals surface area (Å²) in [4.78, 5) is 12.5. The molecule has 22 heavy (non-hydrogen) atoms. The van der Waals surface area contributed by atoms with Crippen LogP contribution in [0.4, 0.5) is 13.2 Å². The average Bonchev–Trinajstić information content (AvgIpc) is 2.74. The van der Waals surface area contributed by atoms with Crippen LogP contribution in [-0.2, 0) is 13.2 Å². The number of alkyl halides is 3. The lowest BCUT2D eigenvalue weighted by atomic mass is 10.2. The van der Waals surface area contributed by atoms with E-state index in [4.69, 9.17) is 11.6 Å². The van der Waals surface area contributed by atoms with Crippen molar-refractivity contribution in [3.05, 3.63) is 40.7 Å². The first-order valence-corrected chi connectivity index (χ1v) is 6.67. The van der Waals surface area contributed by atoms with E-state index < -0.39 is 11.7 Å². The molecule has 0 amide bonds. The van der Waals surface area contributed by atoms with Gasteiger partial charge in [-0.15, -0.1) is 0 Å². The molecule has 0 spiro atoms. The first-order chi connectivity index (χ1) is 10.3. The smallest absolute Gasteiger partial charge is 0.310 e. The number of pyridine rings is 2. The van der Waals surface area contributed by atoms with Gasteiger partial charge in [-0.2, -0.15) is 13.2 Å². The molecule has 0 saturated carbocycles. The third-order valence-corrected chi connectivity index (χ3v) is 3.51. The summed E-state index contributed by atoms with van der Waals surface area (Å²) in [6.45, 7) is 1.88. The van der Waals surface area contributed by atoms with Crippen LogP contribution in [0, 0.1) is 6.92 Å². The van der Waals surface area contributed by atoms with Crippen molar-refractivity contribution >= 4 is 22.8 Å². The number of fused-ring (bicyclic) bond motifs is 1. The molecule has 0 fully saturated rings. The maximum atomic E-state index is 12.7. The second kappa shape index (κ2) is 4.95. The highest BCUT2D eigenvalue weighted by atomic mass is 35.5. The van der Waals surface area contributed by atoms with E-state index in [1.54, 1.807) is 17.8 Å². The number of hydrogen-bond donors (Lipinski definition) is 0. The predicted molar refractivity (Wildman–Crippen MR) is 76.5 cm³/mol. The fourth-order valence-corrected chi connectivity index (χ4v) is 2.40. The maximum Gasteiger partial charge on any atom is 0.417 e. The molecule has 0 N–H and O–H groups in total. The van der Waals surface area contributed by atoms with Crippen LogP contribution in [0.2, 0.25) is 5.02 Å². The zero-order chi connectivity index (χ0) is 16.1. The van der Waals surface area contributed by atoms with E-state index in [-0.39, 0.29) is 10.7 Å². The fraction of sp³-hybridized carbons (Fsp3) is 0.214. The van der Waals surface area contributed by atoms with Crippen molar-refractivity contribution in [1.29, 1.82) is 0 Å². The van der Waals surface area contributed by atoms with Gasteiger partial charge in [-0.25, -0.2) is 9.97 Å². The molecule has 0 unspecified atom stereocenters. The summed E-state index contributed by atoms with van der Waals surface area (Å²) in [7, 11) is 1.71. The third-order valence-electron chi connectivity index (χ3n) is 3.23. The van der Waals surface area contributed by atoms with Crippen molar-refractivity contribution in [3.63, 3.8) is 0 Å². The molecule has 0 aliphatic carbocycles. The Kier molecular flexibility index (Phi) is 3.32. The first-order valence-electron chi connectivity index (χ1n) is 6.29. The molecule has 4 nitrogen and oxygen atoms in total. The molecule has 8 heteroatoms. The number of halogens is 4. The minimum atomic E-state index is -4.49. The van der Waals surface area contributed by atoms with Gasteiger partial charge in [-0.3, -0.25) is 4.98 Å². The summed E-state index contributed by atoms with van der Waals surface area (Å²) in [5, 5.41) is -0.107. The van der Waals surface area contributed by atoms with Gasteiger partial charge in [0.2, 0.25) is 0 Å². The zero-order valence-corrected chi connectivity index (χ0v) is 12.4. The SMILES string of the molecule is Cc1cnc2c(c1)nc(-c1ncc(C(F)(F)F)cc1Cl)n2C. The lowest BCUT2D eigenvalue weighted by molar-refractivity contribution is -0.137. The largest absolute Gasteiger partial charge is 0.417 e. The molecule has 3 heterocycles. The van der Waals surface area contributed by atoms with E-state index in [2.05, 4.69) is 15.0 Å². The minimum Gasteiger partial charge on any atom is -0.310 e. The highest BCUT2D eigenvalue weighted by molar-refractivity contribution is 6.33. The van der Waals surface area contributed by atoms with Gasteiger partial charge in [-0.1, -0.05) is 11.6 Å². The summed E-state index contributed by atoms with van der Waals surface area (Å²) in [6.07, 6.45) is -2.05. The molecule has 0 aliphatic rings. The summed E-state index contributed by atoms with van der Waals surface area (Å²) in [5.74, 6) is 0.367. The molecule has 3 aromatic rings. The second-order valence-corrected chi connectivity index (χ2v) is 5.31. The average molecular weight is 327 g/mol. The quantitative estimate of drug-likeness (QED) is 0.678. The first kappa shape index (κ1) is 14.8. The van der Waals surface area contributed by atoms with E-state index >= 15 is 0 Å². The molecule has 0 atom stereocenters. The van der Waals surface area contributed by atoms with Crippen LogP contribution >= 0.6 is 11.6 Å². The number of imidazole rings is 1. The van der Waals surface area contributed by atoms with Crippen LogP contribution in [-0.4, -0.2) is 19.5 Å². The molecule has 0 aromatic carbocycles. The molecule has 0 saturated heterocycles. The van der Waals surface area contributed by atoms with Crippen molar-refractivity contribution in [2.45, 2.75) is 13.1 Å². The Morgan fingerprint density at radius 3 is 2.50 bits per heavy atom. The Hall–Kier alpha value is -2.15. The van der Waals surface area contributed by atoms with E-state index in [0.717, 1.165) is 17.8 Å². The van der Waals surface area contributed by atoms with Crippen LogP contribution in [0.1, 0.15) is 11.1 Å². The van der Waals surface area contributed by atoms with Crippen molar-refractivity contribution in [1.82, 2.24) is 19.5 Å². The lowest BCUT2D eigenvalue weighted by Crippen LogP contribution is -2.06. The summed E-state index contributed by atoms with van der Waals surface area (Å²) in [5.41, 5.74) is 1.47. The Labute approximate surface area is 128 Å². The zero-order valence-electron chi connectivity index (χ0n) is 11.6. The number of aryl methyl sites for hydroxylation is 2. The molecule has 0 bridgehead atoms. The van der Waals surface area contributed by atoms with Crippen molar-refractivity contribution in [3.8, 4) is 11.5 Å². The summed E-state index contributed by atoms with van der Waals surface area (Å²) >= 11 is 5.96. The summed E-state index contributed by atoms with van der Waals surface area (Å²) < 4.78 is 39.6. The minimum absolute atomic E-state index is 0.107. The molecule has 0 radical (unpaired) electrons. The Bertz CT molecular complexity index is 870. The van der Waals surface area contributed by atoms with Crippen molar-refractivity contribution in [2.75, 3.05) is 0 Å². The number of hydrogen-bond acceptors (Lipinski definition) is 3. The van der Waals surface area contributed by atoms with E-state index in [9.17, 15) is 13.2 Å². The van der Waals surface area contributed by atoms with Gasteiger partial charge in [-0.05, 0) is 24.6 Å². The molecular formula is C14H10ClF3N4. The fourth-order valence-electron chi connectivity index (χ4n) is 2.15. The van der Waals surface area contributed by atoms with Gasteiger partial charge in [0.25, 0.3) is 0 Å². The molecule has 114 valence electrons. The van der Waals surface area contributed by atoms with E-state index in [1.165, 1.54) is 0 Å². The van der Waals surface area contributed by atoms with E-state index in [0.29, 0.717) is 17.0 Å². The monoisotopic (exact) mass is 326 g/mol. The highest BCUT2D eigenvalue weighted by Gasteiger charge is 2.32. The number of rotatable bonds is 1. The number of aromatic nitrogens is 4. The van der Waals surface area contributed by atoms with Crippen LogP contribution in [0.5, 0.6) is 0 Å². The van der Waals surface area contributed by atoms with Gasteiger partial charge < -0.3 is 4.57 Å². The van der Waals surface area contributed by atoms with Gasteiger partial charge in [0.15, 0.2) is 11.5 Å². The maximum absolute atomic E-state index is 12.7. The van der Waals surface area contributed by atoms with Crippen LogP contribution < -0.4 is 0 Å². The summed E-state index contributed by atoms with van der Waals surface area (Å²) in [6, 6.07) is 2.69. The predicted octanol–water partition coefficient (Wildman–Crippen LogP) is 4.01. The van der Waals surface area contributed by atoms with Gasteiger partial charge in [0.05, 0.1) is 10.6 Å². The topological polar surface area (TPSA) is 43.6 Å². The number of nitrogens with zero attached hydrogens (tertiary/aromatic N) is 4. The lowest BCUT2D eigenvalue weighted by Gasteiger charge is -2.09. The molecule has 3 aromatic heterocycles. The Morgan fingerprint density at radius 1 is 1.14 bits per heavy atom. The molecular weight excluding hydrogens is 317 g/mol. The van der Waals surface area contributed by atoms with Crippen LogP contribution in [0.25, 0.3) is 22.7 Å².